The third kappa shape index (κ3) is 2.54. The predicted molar refractivity (Wildman–Crippen MR) is 102 cm³/mol. The maximum Gasteiger partial charge on any atom is 0.226 e. The summed E-state index contributed by atoms with van der Waals surface area (Å²) < 4.78 is 4.23. The number of carbonyl (C=O) groups is 1. The number of aromatic nitrogens is 6. The average molecular weight is 424 g/mol. The van der Waals surface area contributed by atoms with E-state index < -0.39 is 0 Å². The molecule has 8 nitrogen and oxygen atoms in total. The second-order valence-corrected chi connectivity index (χ2v) is 7.27. The fourth-order valence-electron chi connectivity index (χ4n) is 3.57. The van der Waals surface area contributed by atoms with E-state index in [0.29, 0.717) is 23.7 Å². The molecule has 0 radical (unpaired) electrons. The van der Waals surface area contributed by atoms with Gasteiger partial charge in [0.1, 0.15) is 12.1 Å². The Morgan fingerprint density at radius 3 is 2.89 bits per heavy atom. The highest BCUT2D eigenvalue weighted by molar-refractivity contribution is 9.10. The monoisotopic (exact) mass is 423 g/mol. The topological polar surface area (TPSA) is 90.0 Å². The molecule has 1 atom stereocenters. The number of aryl methyl sites for hydroxylation is 1. The van der Waals surface area contributed by atoms with Crippen LogP contribution in [0.25, 0.3) is 11.5 Å². The molecule has 5 rings (SSSR count). The second-order valence-electron chi connectivity index (χ2n) is 6.41. The summed E-state index contributed by atoms with van der Waals surface area (Å²) >= 11 is 3.61. The lowest BCUT2D eigenvalue weighted by Crippen LogP contribution is -2.25. The first-order valence-electron chi connectivity index (χ1n) is 8.43. The Morgan fingerprint density at radius 2 is 2.04 bits per heavy atom. The van der Waals surface area contributed by atoms with Crippen LogP contribution in [-0.4, -0.2) is 35.5 Å². The normalized spacial score (nSPS) is 16.4. The summed E-state index contributed by atoms with van der Waals surface area (Å²) in [5, 5.41) is 20.0. The van der Waals surface area contributed by atoms with Gasteiger partial charge in [-0.05, 0) is 30.7 Å². The molecule has 0 unspecified atom stereocenters. The van der Waals surface area contributed by atoms with Crippen LogP contribution in [0.4, 0.5) is 5.82 Å². The number of hydrogen-bond donors (Lipinski definition) is 1. The molecule has 3 aromatic heterocycles. The highest BCUT2D eigenvalue weighted by Gasteiger charge is 2.33. The minimum atomic E-state index is -0.0725. The van der Waals surface area contributed by atoms with Gasteiger partial charge in [-0.15, -0.1) is 15.3 Å². The first kappa shape index (κ1) is 16.1. The summed E-state index contributed by atoms with van der Waals surface area (Å²) in [5.41, 5.74) is 3.58. The van der Waals surface area contributed by atoms with Crippen molar-refractivity contribution in [1.29, 1.82) is 0 Å². The van der Waals surface area contributed by atoms with Gasteiger partial charge >= 0.3 is 0 Å². The van der Waals surface area contributed by atoms with Gasteiger partial charge in [0, 0.05) is 22.4 Å². The van der Waals surface area contributed by atoms with E-state index in [1.54, 1.807) is 9.20 Å². The predicted octanol–water partition coefficient (Wildman–Crippen LogP) is 2.86. The lowest BCUT2D eigenvalue weighted by molar-refractivity contribution is -0.116. The van der Waals surface area contributed by atoms with Gasteiger partial charge in [-0.2, -0.15) is 14.3 Å². The maximum atomic E-state index is 12.5. The highest BCUT2D eigenvalue weighted by Crippen LogP contribution is 2.42. The summed E-state index contributed by atoms with van der Waals surface area (Å²) in [7, 11) is 0. The third-order valence-electron chi connectivity index (χ3n) is 4.75. The number of benzene rings is 1. The average Bonchev–Trinajstić information content (AvgIpc) is 3.25. The van der Waals surface area contributed by atoms with Gasteiger partial charge in [0.15, 0.2) is 11.5 Å². The number of amides is 1. The van der Waals surface area contributed by atoms with Crippen molar-refractivity contribution in [2.24, 2.45) is 0 Å². The zero-order valence-electron chi connectivity index (χ0n) is 14.3. The Bertz CT molecular complexity index is 1200. The fourth-order valence-corrected chi connectivity index (χ4v) is 4.13. The van der Waals surface area contributed by atoms with Crippen LogP contribution in [0.5, 0.6) is 0 Å². The lowest BCUT2D eigenvalue weighted by Gasteiger charge is -2.25. The minimum Gasteiger partial charge on any atom is -0.310 e. The van der Waals surface area contributed by atoms with E-state index in [0.717, 1.165) is 21.3 Å². The number of halogens is 1. The van der Waals surface area contributed by atoms with Crippen LogP contribution >= 0.6 is 15.9 Å². The molecular weight excluding hydrogens is 410 g/mol. The molecule has 1 aliphatic rings. The Kier molecular flexibility index (Phi) is 3.57. The molecule has 4 heterocycles. The van der Waals surface area contributed by atoms with Crippen molar-refractivity contribution in [1.82, 2.24) is 29.6 Å². The molecule has 0 fully saturated rings. The van der Waals surface area contributed by atoms with Gasteiger partial charge < -0.3 is 5.32 Å². The zero-order chi connectivity index (χ0) is 18.5. The standard InChI is InChI=1S/C18H14BrN7O/c1-10-17-12(11-4-2-3-5-13(11)19)8-16(27)21-18(17)26(23-10)15-7-6-14-22-20-9-25(14)24-15/h2-7,9,12H,8H2,1H3,(H,21,27)/t12-/m1/s1. The van der Waals surface area contributed by atoms with Crippen molar-refractivity contribution in [3.63, 3.8) is 0 Å². The Balaban J connectivity index is 1.70. The molecular formula is C18H14BrN7O. The Labute approximate surface area is 162 Å². The molecule has 1 amide bonds. The molecule has 4 aromatic rings. The van der Waals surface area contributed by atoms with E-state index in [4.69, 9.17) is 0 Å². The zero-order valence-corrected chi connectivity index (χ0v) is 15.9. The summed E-state index contributed by atoms with van der Waals surface area (Å²) in [4.78, 5) is 12.5. The summed E-state index contributed by atoms with van der Waals surface area (Å²) in [6.45, 7) is 1.95. The number of nitrogens with zero attached hydrogens (tertiary/aromatic N) is 6. The van der Waals surface area contributed by atoms with Gasteiger partial charge in [-0.3, -0.25) is 4.79 Å². The summed E-state index contributed by atoms with van der Waals surface area (Å²) in [5.74, 6) is 1.12. The van der Waals surface area contributed by atoms with Gasteiger partial charge in [0.2, 0.25) is 5.91 Å². The molecule has 0 spiro atoms. The quantitative estimate of drug-likeness (QED) is 0.535. The van der Waals surface area contributed by atoms with Crippen molar-refractivity contribution >= 4 is 33.3 Å². The molecule has 0 saturated carbocycles. The smallest absolute Gasteiger partial charge is 0.226 e. The fraction of sp³-hybridized carbons (Fsp3) is 0.167. The number of rotatable bonds is 2. The molecule has 1 aliphatic heterocycles. The lowest BCUT2D eigenvalue weighted by atomic mass is 9.86. The van der Waals surface area contributed by atoms with Crippen molar-refractivity contribution in [2.45, 2.75) is 19.3 Å². The minimum absolute atomic E-state index is 0.0465. The summed E-state index contributed by atoms with van der Waals surface area (Å²) in [6.07, 6.45) is 1.91. The first-order chi connectivity index (χ1) is 13.1. The number of fused-ring (bicyclic) bond motifs is 2. The SMILES string of the molecule is Cc1nn(-c2ccc3nncn3n2)c2c1[C@@H](c1ccccc1Br)CC(=O)N2. The number of carbonyl (C=O) groups excluding carboxylic acids is 1. The van der Waals surface area contributed by atoms with E-state index in [-0.39, 0.29) is 11.8 Å². The van der Waals surface area contributed by atoms with Crippen LogP contribution in [0.2, 0.25) is 0 Å². The van der Waals surface area contributed by atoms with Crippen LogP contribution in [0.1, 0.15) is 29.2 Å². The maximum absolute atomic E-state index is 12.5. The number of hydrogen-bond acceptors (Lipinski definition) is 5. The molecule has 1 N–H and O–H groups in total. The van der Waals surface area contributed by atoms with Crippen LogP contribution in [0.3, 0.4) is 0 Å². The van der Waals surface area contributed by atoms with E-state index in [1.165, 1.54) is 6.33 Å². The third-order valence-corrected chi connectivity index (χ3v) is 5.47. The van der Waals surface area contributed by atoms with Crippen molar-refractivity contribution in [3.8, 4) is 5.82 Å². The molecule has 0 aliphatic carbocycles. The van der Waals surface area contributed by atoms with E-state index in [2.05, 4.69) is 41.6 Å². The molecule has 9 heteroatoms. The van der Waals surface area contributed by atoms with Crippen LogP contribution in [-0.2, 0) is 4.79 Å². The van der Waals surface area contributed by atoms with E-state index in [1.807, 2.05) is 43.3 Å². The van der Waals surface area contributed by atoms with E-state index in [9.17, 15) is 4.79 Å². The molecule has 1 aromatic carbocycles. The number of anilines is 1. The number of nitrogens with one attached hydrogen (secondary N) is 1. The Hall–Kier alpha value is -3.07. The molecule has 0 bridgehead atoms. The van der Waals surface area contributed by atoms with Gasteiger partial charge in [0.25, 0.3) is 0 Å². The Morgan fingerprint density at radius 1 is 1.19 bits per heavy atom. The van der Waals surface area contributed by atoms with Gasteiger partial charge in [0.05, 0.1) is 5.69 Å². The largest absolute Gasteiger partial charge is 0.310 e. The molecule has 0 saturated heterocycles. The first-order valence-corrected chi connectivity index (χ1v) is 9.22. The van der Waals surface area contributed by atoms with Crippen LogP contribution < -0.4 is 5.32 Å². The van der Waals surface area contributed by atoms with Gasteiger partial charge in [-0.25, -0.2) is 0 Å². The van der Waals surface area contributed by atoms with Crippen LogP contribution in [0.15, 0.2) is 47.2 Å². The van der Waals surface area contributed by atoms with Crippen LogP contribution in [0, 0.1) is 6.92 Å². The molecule has 134 valence electrons. The van der Waals surface area contributed by atoms with Gasteiger partial charge in [-0.1, -0.05) is 34.1 Å². The van der Waals surface area contributed by atoms with E-state index >= 15 is 0 Å². The van der Waals surface area contributed by atoms with Crippen molar-refractivity contribution in [3.05, 3.63) is 64.0 Å². The summed E-state index contributed by atoms with van der Waals surface area (Å²) in [6, 6.07) is 11.6. The van der Waals surface area contributed by atoms with Crippen molar-refractivity contribution < 1.29 is 4.79 Å². The second kappa shape index (κ2) is 5.98. The molecule has 27 heavy (non-hydrogen) atoms. The highest BCUT2D eigenvalue weighted by atomic mass is 79.9. The van der Waals surface area contributed by atoms with Crippen molar-refractivity contribution in [2.75, 3.05) is 5.32 Å².